The molecule has 0 heterocycles. The number of phosphoric acid groups is 1. The smallest absolute Gasteiger partial charge is 0.445 e. The van der Waals surface area contributed by atoms with Crippen molar-refractivity contribution in [2.45, 2.75) is 6.61 Å². The number of phosphoric ester groups is 1. The quantitative estimate of drug-likeness (QED) is 0.676. The summed E-state index contributed by atoms with van der Waals surface area (Å²) in [7, 11) is -4.89. The van der Waals surface area contributed by atoms with Crippen LogP contribution < -0.4 is 5.32 Å². The first kappa shape index (κ1) is 15.2. The van der Waals surface area contributed by atoms with Crippen molar-refractivity contribution in [1.29, 1.82) is 0 Å². The van der Waals surface area contributed by atoms with Crippen molar-refractivity contribution in [3.05, 3.63) is 35.9 Å². The number of rotatable bonds is 5. The van der Waals surface area contributed by atoms with Crippen LogP contribution in [-0.4, -0.2) is 28.4 Å². The van der Waals surface area contributed by atoms with Gasteiger partial charge in [0.05, 0.1) is 0 Å². The highest BCUT2D eigenvalue weighted by Crippen LogP contribution is 2.35. The van der Waals surface area contributed by atoms with Crippen molar-refractivity contribution in [1.82, 2.24) is 5.32 Å². The van der Waals surface area contributed by atoms with Gasteiger partial charge in [-0.25, -0.2) is 14.2 Å². The van der Waals surface area contributed by atoms with Crippen LogP contribution in [0.5, 0.6) is 0 Å². The summed E-state index contributed by atoms with van der Waals surface area (Å²) in [5.41, 5.74) is 0.760. The van der Waals surface area contributed by atoms with E-state index in [0.29, 0.717) is 0 Å². The topological polar surface area (TPSA) is 122 Å². The predicted molar refractivity (Wildman–Crippen MR) is 62.8 cm³/mol. The third-order valence-corrected chi connectivity index (χ3v) is 2.25. The van der Waals surface area contributed by atoms with Crippen LogP contribution >= 0.6 is 7.82 Å². The van der Waals surface area contributed by atoms with Gasteiger partial charge in [0, 0.05) is 0 Å². The summed E-state index contributed by atoms with van der Waals surface area (Å²) in [5.74, 6) is -1.26. The Kier molecular flexibility index (Phi) is 5.50. The van der Waals surface area contributed by atoms with Crippen molar-refractivity contribution < 1.29 is 33.2 Å². The van der Waals surface area contributed by atoms with Crippen LogP contribution in [0.25, 0.3) is 0 Å². The van der Waals surface area contributed by atoms with Gasteiger partial charge < -0.3 is 14.6 Å². The predicted octanol–water partition coefficient (Wildman–Crippen LogP) is 0.549. The number of amides is 1. The third kappa shape index (κ3) is 7.20. The van der Waals surface area contributed by atoms with Crippen LogP contribution in [0.15, 0.2) is 30.3 Å². The molecule has 8 nitrogen and oxygen atoms in total. The Morgan fingerprint density at radius 2 is 1.84 bits per heavy atom. The fourth-order valence-electron chi connectivity index (χ4n) is 1.08. The first-order valence-corrected chi connectivity index (χ1v) is 6.62. The highest BCUT2D eigenvalue weighted by atomic mass is 31.2. The van der Waals surface area contributed by atoms with Crippen molar-refractivity contribution in [3.8, 4) is 0 Å². The highest BCUT2D eigenvalue weighted by Gasteiger charge is 2.20. The number of hydrogen-bond donors (Lipinski definition) is 3. The zero-order valence-electron chi connectivity index (χ0n) is 9.68. The molecule has 0 aliphatic heterocycles. The minimum absolute atomic E-state index is 0.0141. The molecule has 0 spiro atoms. The number of alkyl carbamates (subject to hydrolysis) is 1. The van der Waals surface area contributed by atoms with E-state index >= 15 is 0 Å². The van der Waals surface area contributed by atoms with Crippen molar-refractivity contribution >= 4 is 19.9 Å². The Bertz CT molecular complexity index is 484. The molecular weight excluding hydrogens is 277 g/mol. The van der Waals surface area contributed by atoms with E-state index in [1.54, 1.807) is 24.3 Å². The van der Waals surface area contributed by atoms with E-state index in [-0.39, 0.29) is 6.61 Å². The van der Waals surface area contributed by atoms with E-state index in [0.717, 1.165) is 5.56 Å². The Balaban J connectivity index is 2.25. The third-order valence-electron chi connectivity index (χ3n) is 1.81. The van der Waals surface area contributed by atoms with E-state index < -0.39 is 26.4 Å². The van der Waals surface area contributed by atoms with E-state index in [2.05, 4.69) is 4.52 Å². The van der Waals surface area contributed by atoms with Gasteiger partial charge in [-0.3, -0.25) is 9.79 Å². The zero-order chi connectivity index (χ0) is 14.3. The SMILES string of the molecule is O=C(CNC(=O)OCc1ccccc1)OP(=O)(O)O. The van der Waals surface area contributed by atoms with Crippen LogP contribution in [0.3, 0.4) is 0 Å². The second-order valence-corrected chi connectivity index (χ2v) is 4.53. The van der Waals surface area contributed by atoms with Gasteiger partial charge in [0.25, 0.3) is 0 Å². The molecule has 1 amide bonds. The maximum Gasteiger partial charge on any atom is 0.527 e. The molecule has 1 aromatic carbocycles. The van der Waals surface area contributed by atoms with Crippen LogP contribution in [-0.2, 0) is 25.2 Å². The zero-order valence-corrected chi connectivity index (χ0v) is 10.6. The molecule has 0 unspecified atom stereocenters. The van der Waals surface area contributed by atoms with Crippen LogP contribution in [0, 0.1) is 0 Å². The Labute approximate surface area is 108 Å². The Morgan fingerprint density at radius 3 is 2.42 bits per heavy atom. The highest BCUT2D eigenvalue weighted by molar-refractivity contribution is 7.46. The molecule has 0 saturated carbocycles. The molecule has 0 aliphatic carbocycles. The molecule has 9 heteroatoms. The first-order chi connectivity index (χ1) is 8.87. The lowest BCUT2D eigenvalue weighted by molar-refractivity contribution is -0.134. The Morgan fingerprint density at radius 1 is 1.21 bits per heavy atom. The second kappa shape index (κ2) is 6.89. The van der Waals surface area contributed by atoms with Crippen LogP contribution in [0.2, 0.25) is 0 Å². The lowest BCUT2D eigenvalue weighted by atomic mass is 10.2. The molecule has 1 rings (SSSR count). The van der Waals surface area contributed by atoms with Gasteiger partial charge in [-0.15, -0.1) is 0 Å². The summed E-state index contributed by atoms with van der Waals surface area (Å²) in [4.78, 5) is 38.7. The van der Waals surface area contributed by atoms with Crippen molar-refractivity contribution in [3.63, 3.8) is 0 Å². The summed E-state index contributed by atoms with van der Waals surface area (Å²) in [6.07, 6.45) is -0.897. The number of carbonyl (C=O) groups is 2. The number of ether oxygens (including phenoxy) is 1. The molecule has 0 aromatic heterocycles. The van der Waals surface area contributed by atoms with Gasteiger partial charge in [-0.1, -0.05) is 30.3 Å². The first-order valence-electron chi connectivity index (χ1n) is 5.09. The number of carbonyl (C=O) groups excluding carboxylic acids is 2. The average Bonchev–Trinajstić information content (AvgIpc) is 2.33. The standard InChI is InChI=1S/C10H12NO7P/c12-9(18-19(14,15)16)6-11-10(13)17-7-8-4-2-1-3-5-8/h1-5H,6-7H2,(H,11,13)(H2,14,15,16). The van der Waals surface area contributed by atoms with Crippen LogP contribution in [0.4, 0.5) is 4.79 Å². The van der Waals surface area contributed by atoms with E-state index in [1.165, 1.54) is 0 Å². The Hall–Kier alpha value is -1.89. The average molecular weight is 289 g/mol. The number of nitrogens with one attached hydrogen (secondary N) is 1. The normalized spacial score (nSPS) is 10.6. The lowest BCUT2D eigenvalue weighted by Gasteiger charge is -2.07. The molecule has 19 heavy (non-hydrogen) atoms. The van der Waals surface area contributed by atoms with Crippen LogP contribution in [0.1, 0.15) is 5.56 Å². The lowest BCUT2D eigenvalue weighted by Crippen LogP contribution is -2.30. The van der Waals surface area contributed by atoms with Gasteiger partial charge >= 0.3 is 19.9 Å². The summed E-state index contributed by atoms with van der Waals surface area (Å²) in [6, 6.07) is 8.84. The molecule has 3 N–H and O–H groups in total. The monoisotopic (exact) mass is 289 g/mol. The van der Waals surface area contributed by atoms with E-state index in [1.807, 2.05) is 11.4 Å². The largest absolute Gasteiger partial charge is 0.527 e. The summed E-state index contributed by atoms with van der Waals surface area (Å²) in [6.45, 7) is -0.682. The molecule has 0 saturated heterocycles. The summed E-state index contributed by atoms with van der Waals surface area (Å²) >= 11 is 0. The second-order valence-electron chi connectivity index (χ2n) is 3.37. The molecular formula is C10H12NO7P. The van der Waals surface area contributed by atoms with Crippen molar-refractivity contribution in [2.75, 3.05) is 6.54 Å². The minimum Gasteiger partial charge on any atom is -0.445 e. The summed E-state index contributed by atoms with van der Waals surface area (Å²) in [5, 5.41) is 2.00. The van der Waals surface area contributed by atoms with Gasteiger partial charge in [0.15, 0.2) is 0 Å². The molecule has 0 fully saturated rings. The molecule has 1 aromatic rings. The number of hydrogen-bond acceptors (Lipinski definition) is 5. The maximum atomic E-state index is 11.2. The number of benzene rings is 1. The van der Waals surface area contributed by atoms with Gasteiger partial charge in [-0.2, -0.15) is 0 Å². The summed E-state index contributed by atoms with van der Waals surface area (Å²) < 4.78 is 18.8. The minimum atomic E-state index is -4.89. The molecule has 0 aliphatic rings. The fraction of sp³-hybridized carbons (Fsp3) is 0.200. The van der Waals surface area contributed by atoms with E-state index in [9.17, 15) is 14.2 Å². The fourth-order valence-corrected chi connectivity index (χ4v) is 1.41. The maximum absolute atomic E-state index is 11.2. The van der Waals surface area contributed by atoms with Gasteiger partial charge in [0.2, 0.25) is 0 Å². The van der Waals surface area contributed by atoms with Gasteiger partial charge in [0.1, 0.15) is 13.2 Å². The molecule has 0 radical (unpaired) electrons. The molecule has 0 atom stereocenters. The molecule has 104 valence electrons. The van der Waals surface area contributed by atoms with Gasteiger partial charge in [-0.05, 0) is 5.56 Å². The van der Waals surface area contributed by atoms with E-state index in [4.69, 9.17) is 14.5 Å². The van der Waals surface area contributed by atoms with Crippen molar-refractivity contribution in [2.24, 2.45) is 0 Å². The molecule has 0 bridgehead atoms.